The summed E-state index contributed by atoms with van der Waals surface area (Å²) in [5.41, 5.74) is 0.569. The number of imidazole rings is 1. The molecule has 0 saturated carbocycles. The number of rotatable bonds is 6. The summed E-state index contributed by atoms with van der Waals surface area (Å²) in [6.45, 7) is 1.86. The van der Waals surface area contributed by atoms with Gasteiger partial charge in [0.15, 0.2) is 14.8 Å². The van der Waals surface area contributed by atoms with Crippen molar-refractivity contribution < 1.29 is 17.7 Å². The third-order valence-electron chi connectivity index (χ3n) is 3.80. The van der Waals surface area contributed by atoms with Crippen molar-refractivity contribution in [3.8, 4) is 5.69 Å². The van der Waals surface area contributed by atoms with Crippen LogP contribution in [0.3, 0.4) is 0 Å². The van der Waals surface area contributed by atoms with Gasteiger partial charge in [-0.3, -0.25) is 10.1 Å². The van der Waals surface area contributed by atoms with E-state index in [0.717, 1.165) is 23.7 Å². The minimum atomic E-state index is -3.56. The number of aryl methyl sites for hydroxylation is 1. The van der Waals surface area contributed by atoms with E-state index in [1.54, 1.807) is 36.0 Å². The summed E-state index contributed by atoms with van der Waals surface area (Å²) in [5, 5.41) is 14.1. The number of halogens is 1. The topological polar surface area (TPSA) is 107 Å². The molecule has 1 N–H and O–H groups in total. The van der Waals surface area contributed by atoms with Crippen LogP contribution in [-0.2, 0) is 16.4 Å². The highest BCUT2D eigenvalue weighted by atomic mass is 32.2. The molecule has 0 atom stereocenters. The van der Waals surface area contributed by atoms with Crippen LogP contribution in [0, 0.1) is 22.9 Å². The van der Waals surface area contributed by atoms with Crippen molar-refractivity contribution in [2.24, 2.45) is 0 Å². The maximum atomic E-state index is 14.4. The summed E-state index contributed by atoms with van der Waals surface area (Å²) >= 11 is 0.774. The molecule has 0 amide bonds. The second kappa shape index (κ2) is 7.08. The van der Waals surface area contributed by atoms with E-state index in [9.17, 15) is 22.9 Å². The van der Waals surface area contributed by atoms with Crippen molar-refractivity contribution in [2.45, 2.75) is 17.7 Å². The average Bonchev–Trinajstić information content (AvgIpc) is 3.19. The number of benzene rings is 1. The standard InChI is InChI=1S/C16H15FN4O4S2/c1-10-18-5-6-20(10)13-4-3-11(7-12(13)17)9-19-16-14(21(22)23)8-15(26-16)27(2,24)25/h3-8,19H,9H2,1-2H3. The van der Waals surface area contributed by atoms with Crippen LogP contribution in [0.25, 0.3) is 5.69 Å². The van der Waals surface area contributed by atoms with Crippen LogP contribution in [-0.4, -0.2) is 29.1 Å². The first-order valence-electron chi connectivity index (χ1n) is 7.67. The zero-order valence-corrected chi connectivity index (χ0v) is 16.0. The smallest absolute Gasteiger partial charge is 0.304 e. The lowest BCUT2D eigenvalue weighted by atomic mass is 10.2. The predicted octanol–water partition coefficient (Wildman–Crippen LogP) is 3.31. The first kappa shape index (κ1) is 19.0. The van der Waals surface area contributed by atoms with Crippen molar-refractivity contribution in [2.75, 3.05) is 11.6 Å². The summed E-state index contributed by atoms with van der Waals surface area (Å²) in [7, 11) is -3.56. The van der Waals surface area contributed by atoms with Gasteiger partial charge in [0.2, 0.25) is 0 Å². The minimum absolute atomic E-state index is 0.102. The van der Waals surface area contributed by atoms with E-state index in [4.69, 9.17) is 0 Å². The Morgan fingerprint density at radius 1 is 1.37 bits per heavy atom. The zero-order chi connectivity index (χ0) is 19.8. The lowest BCUT2D eigenvalue weighted by Gasteiger charge is -2.09. The van der Waals surface area contributed by atoms with Gasteiger partial charge in [0.05, 0.1) is 10.6 Å². The van der Waals surface area contributed by atoms with E-state index in [1.165, 1.54) is 6.07 Å². The van der Waals surface area contributed by atoms with Gasteiger partial charge >= 0.3 is 5.69 Å². The number of thiophene rings is 1. The van der Waals surface area contributed by atoms with Crippen LogP contribution in [0.15, 0.2) is 40.9 Å². The fourth-order valence-electron chi connectivity index (χ4n) is 2.48. The quantitative estimate of drug-likeness (QED) is 0.493. The Balaban J connectivity index is 1.83. The molecule has 3 rings (SSSR count). The Bertz CT molecular complexity index is 1120. The molecule has 0 radical (unpaired) electrons. The highest BCUT2D eigenvalue weighted by Gasteiger charge is 2.23. The van der Waals surface area contributed by atoms with Gasteiger partial charge in [-0.2, -0.15) is 0 Å². The average molecular weight is 410 g/mol. The molecular formula is C16H15FN4O4S2. The van der Waals surface area contributed by atoms with Gasteiger partial charge in [0.1, 0.15) is 15.9 Å². The number of hydrogen-bond acceptors (Lipinski definition) is 7. The van der Waals surface area contributed by atoms with Crippen molar-refractivity contribution in [1.82, 2.24) is 9.55 Å². The SMILES string of the molecule is Cc1nccn1-c1ccc(CNc2sc(S(C)(=O)=O)cc2[N+](=O)[O-])cc1F. The molecule has 0 bridgehead atoms. The first-order valence-corrected chi connectivity index (χ1v) is 10.4. The van der Waals surface area contributed by atoms with Crippen molar-refractivity contribution in [3.63, 3.8) is 0 Å². The third-order valence-corrected chi connectivity index (χ3v) is 6.69. The van der Waals surface area contributed by atoms with Gasteiger partial charge < -0.3 is 9.88 Å². The highest BCUT2D eigenvalue weighted by Crippen LogP contribution is 2.37. The zero-order valence-electron chi connectivity index (χ0n) is 14.3. The molecule has 0 unspecified atom stereocenters. The van der Waals surface area contributed by atoms with Crippen LogP contribution in [0.4, 0.5) is 15.1 Å². The van der Waals surface area contributed by atoms with Crippen LogP contribution in [0.2, 0.25) is 0 Å². The van der Waals surface area contributed by atoms with E-state index in [1.807, 2.05) is 0 Å². The van der Waals surface area contributed by atoms with Gasteiger partial charge in [-0.05, 0) is 24.6 Å². The van der Waals surface area contributed by atoms with Gasteiger partial charge in [-0.25, -0.2) is 17.8 Å². The van der Waals surface area contributed by atoms with Crippen LogP contribution in [0.1, 0.15) is 11.4 Å². The summed E-state index contributed by atoms with van der Waals surface area (Å²) in [6, 6.07) is 5.61. The number of sulfone groups is 1. The van der Waals surface area contributed by atoms with Crippen LogP contribution < -0.4 is 5.32 Å². The molecule has 2 aromatic heterocycles. The maximum Gasteiger partial charge on any atom is 0.304 e. The molecule has 2 heterocycles. The Morgan fingerprint density at radius 3 is 2.67 bits per heavy atom. The number of anilines is 1. The highest BCUT2D eigenvalue weighted by molar-refractivity contribution is 7.92. The number of aromatic nitrogens is 2. The molecule has 0 saturated heterocycles. The van der Waals surface area contributed by atoms with E-state index in [2.05, 4.69) is 10.3 Å². The molecule has 8 nitrogen and oxygen atoms in total. The maximum absolute atomic E-state index is 14.4. The molecule has 142 valence electrons. The van der Waals surface area contributed by atoms with E-state index >= 15 is 0 Å². The number of nitrogens with zero attached hydrogens (tertiary/aromatic N) is 3. The van der Waals surface area contributed by atoms with E-state index in [-0.39, 0.29) is 21.4 Å². The second-order valence-electron chi connectivity index (χ2n) is 5.79. The van der Waals surface area contributed by atoms with Gasteiger partial charge in [0.25, 0.3) is 0 Å². The third kappa shape index (κ3) is 3.98. The molecule has 1 aromatic carbocycles. The Morgan fingerprint density at radius 2 is 2.11 bits per heavy atom. The van der Waals surface area contributed by atoms with Gasteiger partial charge in [-0.1, -0.05) is 17.4 Å². The summed E-state index contributed by atoms with van der Waals surface area (Å²) in [5.74, 6) is 0.176. The number of nitrogens with one attached hydrogen (secondary N) is 1. The Hall–Kier alpha value is -2.79. The molecule has 0 aliphatic rings. The lowest BCUT2D eigenvalue weighted by Crippen LogP contribution is -2.03. The monoisotopic (exact) mass is 410 g/mol. The van der Waals surface area contributed by atoms with Gasteiger partial charge in [-0.15, -0.1) is 0 Å². The molecule has 11 heteroatoms. The lowest BCUT2D eigenvalue weighted by molar-refractivity contribution is -0.383. The normalized spacial score (nSPS) is 11.5. The van der Waals surface area contributed by atoms with Crippen molar-refractivity contribution in [3.05, 3.63) is 64.0 Å². The second-order valence-corrected chi connectivity index (χ2v) is 9.09. The molecule has 0 spiro atoms. The largest absolute Gasteiger partial charge is 0.367 e. The summed E-state index contributed by atoms with van der Waals surface area (Å²) in [6.07, 6.45) is 4.20. The predicted molar refractivity (Wildman–Crippen MR) is 99.7 cm³/mol. The fraction of sp³-hybridized carbons (Fsp3) is 0.188. The Kier molecular flexibility index (Phi) is 4.98. The molecule has 0 aliphatic carbocycles. The van der Waals surface area contributed by atoms with Crippen molar-refractivity contribution >= 4 is 31.9 Å². The number of hydrogen-bond donors (Lipinski definition) is 1. The Labute approximate surface area is 158 Å². The van der Waals surface area contributed by atoms with Crippen LogP contribution >= 0.6 is 11.3 Å². The molecular weight excluding hydrogens is 395 g/mol. The van der Waals surface area contributed by atoms with E-state index < -0.39 is 20.6 Å². The molecule has 27 heavy (non-hydrogen) atoms. The molecule has 0 aliphatic heterocycles. The van der Waals surface area contributed by atoms with Crippen molar-refractivity contribution in [1.29, 1.82) is 0 Å². The molecule has 3 aromatic rings. The van der Waals surface area contributed by atoms with Gasteiger partial charge in [0, 0.05) is 31.3 Å². The van der Waals surface area contributed by atoms with Crippen LogP contribution in [0.5, 0.6) is 0 Å². The fourth-order valence-corrected chi connectivity index (χ4v) is 4.41. The first-order chi connectivity index (χ1) is 12.7. The summed E-state index contributed by atoms with van der Waals surface area (Å²) in [4.78, 5) is 14.5. The van der Waals surface area contributed by atoms with E-state index in [0.29, 0.717) is 17.1 Å². The molecule has 0 fully saturated rings. The minimum Gasteiger partial charge on any atom is -0.367 e. The summed E-state index contributed by atoms with van der Waals surface area (Å²) < 4.78 is 39.2. The number of nitro groups is 1.